The van der Waals surface area contributed by atoms with Crippen molar-refractivity contribution in [2.45, 2.75) is 57.8 Å². The van der Waals surface area contributed by atoms with Crippen molar-refractivity contribution >= 4 is 0 Å². The molecule has 3 heterocycles. The van der Waals surface area contributed by atoms with E-state index in [1.54, 1.807) is 0 Å². The molecule has 8 nitrogen and oxygen atoms in total. The fourth-order valence-corrected chi connectivity index (χ4v) is 4.87. The number of fused-ring (bicyclic) bond motifs is 30. The molecule has 35 heavy (non-hydrogen) atoms. The van der Waals surface area contributed by atoms with Crippen molar-refractivity contribution in [2.24, 2.45) is 0 Å². The first-order chi connectivity index (χ1) is 17.4. The van der Waals surface area contributed by atoms with E-state index in [-0.39, 0.29) is 0 Å². The van der Waals surface area contributed by atoms with Gasteiger partial charge >= 0.3 is 0 Å². The first-order valence-corrected chi connectivity index (χ1v) is 15.1. The number of rotatable bonds is 0. The Labute approximate surface area is 217 Å². The van der Waals surface area contributed by atoms with Gasteiger partial charge in [-0.3, -0.25) is 9.80 Å². The number of nitrogens with zero attached hydrogens (tertiary/aromatic N) is 2. The van der Waals surface area contributed by atoms with Crippen LogP contribution >= 0.6 is 0 Å². The molecule has 0 spiro atoms. The lowest BCUT2D eigenvalue weighted by Crippen LogP contribution is -2.41. The minimum atomic E-state index is 1.11. The predicted molar refractivity (Wildman–Crippen MR) is 152 cm³/mol. The average molecular weight is 497 g/mol. The Morgan fingerprint density at radius 1 is 0.229 bits per heavy atom. The summed E-state index contributed by atoms with van der Waals surface area (Å²) in [5, 5.41) is 22.1. The minimum absolute atomic E-state index is 1.11. The van der Waals surface area contributed by atoms with Gasteiger partial charge in [-0.15, -0.1) is 0 Å². The predicted octanol–water partition coefficient (Wildman–Crippen LogP) is 0.666. The van der Waals surface area contributed by atoms with Crippen LogP contribution in [0.1, 0.15) is 57.8 Å². The summed E-state index contributed by atoms with van der Waals surface area (Å²) < 4.78 is 0. The van der Waals surface area contributed by atoms with Crippen molar-refractivity contribution in [1.82, 2.24) is 41.7 Å². The number of hydrogen-bond acceptors (Lipinski definition) is 8. The van der Waals surface area contributed by atoms with Gasteiger partial charge in [-0.1, -0.05) is 19.3 Å². The molecule has 3 fully saturated rings. The zero-order valence-electron chi connectivity index (χ0n) is 23.0. The molecule has 208 valence electrons. The number of hydrogen-bond donors (Lipinski definition) is 6. The van der Waals surface area contributed by atoms with Gasteiger partial charge in [0.1, 0.15) is 0 Å². The summed E-state index contributed by atoms with van der Waals surface area (Å²) in [6.45, 7) is 20.4. The molecule has 0 aliphatic carbocycles. The molecule has 8 heteroatoms. The van der Waals surface area contributed by atoms with Crippen molar-refractivity contribution in [1.29, 1.82) is 0 Å². The second kappa shape index (κ2) is 24.0. The summed E-state index contributed by atoms with van der Waals surface area (Å²) in [5.41, 5.74) is 0. The lowest BCUT2D eigenvalue weighted by atomic mass is 10.2. The smallest absolute Gasteiger partial charge is 0.0108 e. The van der Waals surface area contributed by atoms with Crippen molar-refractivity contribution < 1.29 is 0 Å². The van der Waals surface area contributed by atoms with E-state index in [9.17, 15) is 0 Å². The van der Waals surface area contributed by atoms with Gasteiger partial charge in [-0.2, -0.15) is 0 Å². The molecule has 6 N–H and O–H groups in total. The summed E-state index contributed by atoms with van der Waals surface area (Å²) in [6.07, 6.45) is 11.7. The number of nitrogens with one attached hydrogen (secondary N) is 6. The zero-order valence-corrected chi connectivity index (χ0v) is 23.0. The second-order valence-corrected chi connectivity index (χ2v) is 10.4. The molecule has 3 saturated heterocycles. The highest BCUT2D eigenvalue weighted by molar-refractivity contribution is 4.67. The largest absolute Gasteiger partial charge is 0.315 e. The van der Waals surface area contributed by atoms with Gasteiger partial charge in [-0.05, 0) is 77.8 Å². The second-order valence-electron chi connectivity index (χ2n) is 10.4. The molecule has 0 atom stereocenters. The Kier molecular flexibility index (Phi) is 21.2. The van der Waals surface area contributed by atoms with Crippen LogP contribution in [0, 0.1) is 0 Å². The first kappa shape index (κ1) is 30.9. The van der Waals surface area contributed by atoms with Crippen molar-refractivity contribution in [3.8, 4) is 0 Å². The Morgan fingerprint density at radius 2 is 0.429 bits per heavy atom. The molecule has 2 bridgehead atoms. The minimum Gasteiger partial charge on any atom is -0.315 e. The molecule has 0 amide bonds. The molecule has 0 saturated carbocycles. The molecule has 0 aromatic heterocycles. The molecular weight excluding hydrogens is 436 g/mol. The van der Waals surface area contributed by atoms with Crippen LogP contribution in [0.25, 0.3) is 0 Å². The first-order valence-electron chi connectivity index (χ1n) is 15.1. The van der Waals surface area contributed by atoms with Crippen LogP contribution in [0.3, 0.4) is 0 Å². The van der Waals surface area contributed by atoms with Gasteiger partial charge in [-0.25, -0.2) is 0 Å². The van der Waals surface area contributed by atoms with Crippen LogP contribution < -0.4 is 31.9 Å². The molecular formula is C27H60N8. The van der Waals surface area contributed by atoms with Crippen molar-refractivity contribution in [3.05, 3.63) is 0 Å². The summed E-state index contributed by atoms with van der Waals surface area (Å²) in [7, 11) is 0. The SMILES string of the molecule is C1CCNCCN2CCNCCCCCNCCN(CCNCC1)CCNCCCCCNCC2. The van der Waals surface area contributed by atoms with Crippen LogP contribution in [-0.2, 0) is 0 Å². The Morgan fingerprint density at radius 3 is 0.629 bits per heavy atom. The topological polar surface area (TPSA) is 78.7 Å². The fraction of sp³-hybridized carbons (Fsp3) is 1.00. The summed E-state index contributed by atoms with van der Waals surface area (Å²) in [4.78, 5) is 5.26. The Bertz CT molecular complexity index is 342. The van der Waals surface area contributed by atoms with Gasteiger partial charge in [0.25, 0.3) is 0 Å². The monoisotopic (exact) mass is 496 g/mol. The summed E-state index contributed by atoms with van der Waals surface area (Å²) in [6, 6.07) is 0. The van der Waals surface area contributed by atoms with Crippen LogP contribution in [0.15, 0.2) is 0 Å². The highest BCUT2D eigenvalue weighted by Crippen LogP contribution is 1.96. The Hall–Kier alpha value is -0.320. The van der Waals surface area contributed by atoms with E-state index in [4.69, 9.17) is 0 Å². The lowest BCUT2D eigenvalue weighted by molar-refractivity contribution is 0.268. The maximum absolute atomic E-state index is 3.69. The van der Waals surface area contributed by atoms with Crippen molar-refractivity contribution in [3.63, 3.8) is 0 Å². The lowest BCUT2D eigenvalue weighted by Gasteiger charge is -2.24. The van der Waals surface area contributed by atoms with Gasteiger partial charge in [0.2, 0.25) is 0 Å². The van der Waals surface area contributed by atoms with E-state index < -0.39 is 0 Å². The van der Waals surface area contributed by atoms with E-state index >= 15 is 0 Å². The Balaban J connectivity index is 1.85. The van der Waals surface area contributed by atoms with E-state index in [0.717, 1.165) is 118 Å². The molecule has 3 rings (SSSR count). The third-order valence-electron chi connectivity index (χ3n) is 7.25. The quantitative estimate of drug-likeness (QED) is 0.292. The standard InChI is InChI=1S/C27H60N8/c1-4-10-28-16-22-34-24-18-30-12-6-2-7-13-31-19-25-35(23-17-29-11-5-1)27-21-33-15-9-3-8-14-32-20-26-34/h28-33H,1-27H2. The fourth-order valence-electron chi connectivity index (χ4n) is 4.87. The highest BCUT2D eigenvalue weighted by Gasteiger charge is 2.06. The maximum atomic E-state index is 3.69. The average Bonchev–Trinajstić information content (AvgIpc) is 2.86. The normalized spacial score (nSPS) is 28.8. The van der Waals surface area contributed by atoms with E-state index in [1.807, 2.05) is 0 Å². The molecule has 0 unspecified atom stereocenters. The van der Waals surface area contributed by atoms with E-state index in [0.29, 0.717) is 0 Å². The van der Waals surface area contributed by atoms with Crippen LogP contribution in [0.4, 0.5) is 0 Å². The maximum Gasteiger partial charge on any atom is 0.0108 e. The molecule has 0 radical (unpaired) electrons. The third-order valence-corrected chi connectivity index (χ3v) is 7.25. The van der Waals surface area contributed by atoms with E-state index in [2.05, 4.69) is 41.7 Å². The molecule has 3 aliphatic heterocycles. The van der Waals surface area contributed by atoms with Gasteiger partial charge < -0.3 is 31.9 Å². The third kappa shape index (κ3) is 19.5. The molecule has 0 aromatic carbocycles. The van der Waals surface area contributed by atoms with Gasteiger partial charge in [0, 0.05) is 78.5 Å². The molecule has 0 aromatic rings. The van der Waals surface area contributed by atoms with E-state index in [1.165, 1.54) is 57.8 Å². The van der Waals surface area contributed by atoms with Crippen LogP contribution in [0.5, 0.6) is 0 Å². The zero-order chi connectivity index (χ0) is 24.5. The van der Waals surface area contributed by atoms with Crippen molar-refractivity contribution in [2.75, 3.05) is 118 Å². The molecule has 3 aliphatic rings. The summed E-state index contributed by atoms with van der Waals surface area (Å²) >= 11 is 0. The summed E-state index contributed by atoms with van der Waals surface area (Å²) in [5.74, 6) is 0. The van der Waals surface area contributed by atoms with Crippen LogP contribution in [-0.4, -0.2) is 128 Å². The highest BCUT2D eigenvalue weighted by atomic mass is 15.2. The van der Waals surface area contributed by atoms with Crippen LogP contribution in [0.2, 0.25) is 0 Å². The van der Waals surface area contributed by atoms with Gasteiger partial charge in [0.15, 0.2) is 0 Å². The van der Waals surface area contributed by atoms with Gasteiger partial charge in [0.05, 0.1) is 0 Å².